The molecule has 0 aliphatic carbocycles. The standard InChI is InChI=1S/C23H33NO5/c1-6-7-14-29-22(27)19-15-17(16-8-10-18(28-5)11-9-16)12-13-24(19)21(26)20(25)23(2,3)4/h8-11,17,19H,6-7,12-15H2,1-5H3. The first kappa shape index (κ1) is 22.9. The van der Waals surface area contributed by atoms with Crippen molar-refractivity contribution in [2.24, 2.45) is 5.41 Å². The lowest BCUT2D eigenvalue weighted by molar-refractivity contribution is -0.161. The molecule has 0 bridgehead atoms. The second kappa shape index (κ2) is 9.90. The van der Waals surface area contributed by atoms with Gasteiger partial charge in [-0.3, -0.25) is 9.59 Å². The van der Waals surface area contributed by atoms with E-state index in [9.17, 15) is 14.4 Å². The monoisotopic (exact) mass is 403 g/mol. The van der Waals surface area contributed by atoms with Crippen LogP contribution in [0.1, 0.15) is 64.9 Å². The molecule has 2 rings (SSSR count). The van der Waals surface area contributed by atoms with E-state index in [1.807, 2.05) is 31.2 Å². The second-order valence-electron chi connectivity index (χ2n) is 8.61. The molecule has 1 aromatic rings. The minimum atomic E-state index is -0.791. The van der Waals surface area contributed by atoms with Crippen molar-refractivity contribution in [1.29, 1.82) is 0 Å². The maximum atomic E-state index is 12.9. The Morgan fingerprint density at radius 2 is 1.79 bits per heavy atom. The van der Waals surface area contributed by atoms with Crippen LogP contribution in [0.3, 0.4) is 0 Å². The summed E-state index contributed by atoms with van der Waals surface area (Å²) in [5, 5.41) is 0. The molecule has 1 saturated heterocycles. The number of rotatable bonds is 7. The molecule has 0 saturated carbocycles. The van der Waals surface area contributed by atoms with Crippen molar-refractivity contribution < 1.29 is 23.9 Å². The van der Waals surface area contributed by atoms with E-state index >= 15 is 0 Å². The third kappa shape index (κ3) is 5.81. The Balaban J connectivity index is 2.22. The second-order valence-corrected chi connectivity index (χ2v) is 8.61. The van der Waals surface area contributed by atoms with Crippen LogP contribution in [0.5, 0.6) is 5.75 Å². The van der Waals surface area contributed by atoms with Crippen LogP contribution in [0.25, 0.3) is 0 Å². The zero-order valence-corrected chi connectivity index (χ0v) is 18.2. The molecule has 160 valence electrons. The summed E-state index contributed by atoms with van der Waals surface area (Å²) in [5.41, 5.74) is 0.298. The normalized spacial score (nSPS) is 19.6. The summed E-state index contributed by atoms with van der Waals surface area (Å²) in [6, 6.07) is 7.02. The van der Waals surface area contributed by atoms with Crippen LogP contribution in [-0.2, 0) is 19.1 Å². The Labute approximate surface area is 173 Å². The summed E-state index contributed by atoms with van der Waals surface area (Å²) in [5.74, 6) is -0.618. The fourth-order valence-corrected chi connectivity index (χ4v) is 3.48. The van der Waals surface area contributed by atoms with Crippen molar-refractivity contribution in [1.82, 2.24) is 4.90 Å². The predicted molar refractivity (Wildman–Crippen MR) is 111 cm³/mol. The molecule has 0 aromatic heterocycles. The summed E-state index contributed by atoms with van der Waals surface area (Å²) >= 11 is 0. The number of nitrogens with zero attached hydrogens (tertiary/aromatic N) is 1. The van der Waals surface area contributed by atoms with Gasteiger partial charge in [-0.25, -0.2) is 4.79 Å². The van der Waals surface area contributed by atoms with Crippen molar-refractivity contribution in [2.75, 3.05) is 20.3 Å². The maximum Gasteiger partial charge on any atom is 0.328 e. The molecule has 1 amide bonds. The molecule has 6 heteroatoms. The van der Waals surface area contributed by atoms with Crippen molar-refractivity contribution in [2.45, 2.75) is 65.3 Å². The predicted octanol–water partition coefficient (Wildman–Crippen LogP) is 3.73. The van der Waals surface area contributed by atoms with Crippen molar-refractivity contribution in [3.63, 3.8) is 0 Å². The van der Waals surface area contributed by atoms with Gasteiger partial charge in [0, 0.05) is 12.0 Å². The van der Waals surface area contributed by atoms with Crippen LogP contribution in [0.2, 0.25) is 0 Å². The van der Waals surface area contributed by atoms with Gasteiger partial charge in [-0.2, -0.15) is 0 Å². The zero-order valence-electron chi connectivity index (χ0n) is 18.2. The Kier molecular flexibility index (Phi) is 7.82. The average Bonchev–Trinajstić information content (AvgIpc) is 2.71. The highest BCUT2D eigenvalue weighted by molar-refractivity contribution is 6.38. The van der Waals surface area contributed by atoms with Crippen LogP contribution < -0.4 is 4.74 Å². The molecular formula is C23H33NO5. The fourth-order valence-electron chi connectivity index (χ4n) is 3.48. The van der Waals surface area contributed by atoms with Crippen molar-refractivity contribution in [3.05, 3.63) is 29.8 Å². The van der Waals surface area contributed by atoms with Crippen molar-refractivity contribution in [3.8, 4) is 5.75 Å². The smallest absolute Gasteiger partial charge is 0.328 e. The maximum absolute atomic E-state index is 12.9. The first-order valence-electron chi connectivity index (χ1n) is 10.3. The van der Waals surface area contributed by atoms with E-state index in [1.54, 1.807) is 27.9 Å². The first-order chi connectivity index (χ1) is 13.7. The van der Waals surface area contributed by atoms with E-state index in [0.29, 0.717) is 26.0 Å². The van der Waals surface area contributed by atoms with E-state index in [1.165, 1.54) is 4.90 Å². The summed E-state index contributed by atoms with van der Waals surface area (Å²) < 4.78 is 10.6. The molecule has 0 spiro atoms. The van der Waals surface area contributed by atoms with Crippen LogP contribution in [0.15, 0.2) is 24.3 Å². The number of esters is 1. The van der Waals surface area contributed by atoms with E-state index in [-0.39, 0.29) is 5.92 Å². The fraction of sp³-hybridized carbons (Fsp3) is 0.609. The lowest BCUT2D eigenvalue weighted by atomic mass is 9.83. The van der Waals surface area contributed by atoms with Gasteiger partial charge in [0.25, 0.3) is 5.91 Å². The highest BCUT2D eigenvalue weighted by Gasteiger charge is 2.42. The Hall–Kier alpha value is -2.37. The number of piperidine rings is 1. The Bertz CT molecular complexity index is 720. The minimum Gasteiger partial charge on any atom is -0.497 e. The van der Waals surface area contributed by atoms with Gasteiger partial charge in [-0.1, -0.05) is 46.2 Å². The zero-order chi connectivity index (χ0) is 21.6. The number of likely N-dealkylation sites (tertiary alicyclic amines) is 1. The number of benzene rings is 1. The Morgan fingerprint density at radius 3 is 2.34 bits per heavy atom. The third-order valence-corrected chi connectivity index (χ3v) is 5.34. The molecule has 2 atom stereocenters. The van der Waals surface area contributed by atoms with Gasteiger partial charge < -0.3 is 14.4 Å². The number of ether oxygens (including phenoxy) is 2. The van der Waals surface area contributed by atoms with E-state index in [0.717, 1.165) is 24.2 Å². The number of ketones is 1. The molecule has 0 N–H and O–H groups in total. The molecule has 2 unspecified atom stereocenters. The summed E-state index contributed by atoms with van der Waals surface area (Å²) in [4.78, 5) is 39.6. The van der Waals surface area contributed by atoms with Gasteiger partial charge in [0.05, 0.1) is 13.7 Å². The van der Waals surface area contributed by atoms with Gasteiger partial charge in [-0.15, -0.1) is 0 Å². The highest BCUT2D eigenvalue weighted by atomic mass is 16.5. The summed E-state index contributed by atoms with van der Waals surface area (Å²) in [6.07, 6.45) is 2.82. The molecule has 1 aromatic carbocycles. The number of carbonyl (C=O) groups excluding carboxylic acids is 3. The number of hydrogen-bond acceptors (Lipinski definition) is 5. The SMILES string of the molecule is CCCCOC(=O)C1CC(c2ccc(OC)cc2)CCN1C(=O)C(=O)C(C)(C)C. The average molecular weight is 404 g/mol. The quantitative estimate of drug-likeness (QED) is 0.394. The van der Waals surface area contributed by atoms with Crippen LogP contribution in [-0.4, -0.2) is 48.9 Å². The third-order valence-electron chi connectivity index (χ3n) is 5.34. The van der Waals surface area contributed by atoms with Crippen LogP contribution >= 0.6 is 0 Å². The molecule has 1 heterocycles. The van der Waals surface area contributed by atoms with E-state index in [2.05, 4.69) is 0 Å². The number of carbonyl (C=O) groups is 3. The number of amides is 1. The summed E-state index contributed by atoms with van der Waals surface area (Å²) in [6.45, 7) is 7.84. The number of methoxy groups -OCH3 is 1. The lowest BCUT2D eigenvalue weighted by Gasteiger charge is -2.38. The van der Waals surface area contributed by atoms with Crippen LogP contribution in [0, 0.1) is 5.41 Å². The van der Waals surface area contributed by atoms with Gasteiger partial charge >= 0.3 is 5.97 Å². The molecular weight excluding hydrogens is 370 g/mol. The van der Waals surface area contributed by atoms with E-state index < -0.39 is 29.1 Å². The van der Waals surface area contributed by atoms with Crippen molar-refractivity contribution >= 4 is 17.7 Å². The van der Waals surface area contributed by atoms with Gasteiger partial charge in [0.1, 0.15) is 11.8 Å². The highest BCUT2D eigenvalue weighted by Crippen LogP contribution is 2.34. The number of Topliss-reactive ketones (excluding diaryl/α,β-unsaturated/α-hetero) is 1. The minimum absolute atomic E-state index is 0.110. The topological polar surface area (TPSA) is 72.9 Å². The molecule has 6 nitrogen and oxygen atoms in total. The largest absolute Gasteiger partial charge is 0.497 e. The molecule has 1 aliphatic heterocycles. The molecule has 1 aliphatic rings. The van der Waals surface area contributed by atoms with E-state index in [4.69, 9.17) is 9.47 Å². The van der Waals surface area contributed by atoms with Gasteiger partial charge in [0.15, 0.2) is 0 Å². The molecule has 0 radical (unpaired) electrons. The molecule has 29 heavy (non-hydrogen) atoms. The molecule has 1 fully saturated rings. The number of unbranched alkanes of at least 4 members (excludes halogenated alkanes) is 1. The number of hydrogen-bond donors (Lipinski definition) is 0. The Morgan fingerprint density at radius 1 is 1.14 bits per heavy atom. The van der Waals surface area contributed by atoms with Gasteiger partial charge in [-0.05, 0) is 42.9 Å². The summed E-state index contributed by atoms with van der Waals surface area (Å²) in [7, 11) is 1.62. The lowest BCUT2D eigenvalue weighted by Crippen LogP contribution is -2.54. The van der Waals surface area contributed by atoms with Crippen LogP contribution in [0.4, 0.5) is 0 Å². The first-order valence-corrected chi connectivity index (χ1v) is 10.3. The van der Waals surface area contributed by atoms with Gasteiger partial charge in [0.2, 0.25) is 5.78 Å².